The lowest BCUT2D eigenvalue weighted by atomic mass is 9.85. The standard InChI is InChI=1S/C24H23BrN2O2/c1-24(2,3)21-14-20(25)13-19(22(21)28)15-26-27-23(29)18-11-9-17(10-12-18)16-7-5-4-6-8-16/h4-15,28H,1-3H3,(H,27,29). The number of hydrazone groups is 1. The molecule has 0 saturated carbocycles. The van der Waals surface area contributed by atoms with Gasteiger partial charge in [0.2, 0.25) is 0 Å². The van der Waals surface area contributed by atoms with Gasteiger partial charge in [0.1, 0.15) is 5.75 Å². The van der Waals surface area contributed by atoms with Crippen LogP contribution in [-0.2, 0) is 5.41 Å². The summed E-state index contributed by atoms with van der Waals surface area (Å²) in [6.07, 6.45) is 1.45. The Morgan fingerprint density at radius 2 is 1.62 bits per heavy atom. The number of hydrogen-bond acceptors (Lipinski definition) is 3. The van der Waals surface area contributed by atoms with Crippen molar-refractivity contribution in [3.63, 3.8) is 0 Å². The second-order valence-corrected chi connectivity index (χ2v) is 8.70. The van der Waals surface area contributed by atoms with Crippen molar-refractivity contribution in [2.45, 2.75) is 26.2 Å². The zero-order chi connectivity index (χ0) is 21.0. The minimum atomic E-state index is -0.314. The fourth-order valence-electron chi connectivity index (χ4n) is 2.96. The number of amides is 1. The predicted molar refractivity (Wildman–Crippen MR) is 121 cm³/mol. The van der Waals surface area contributed by atoms with E-state index in [-0.39, 0.29) is 17.1 Å². The van der Waals surface area contributed by atoms with Gasteiger partial charge in [-0.15, -0.1) is 0 Å². The van der Waals surface area contributed by atoms with Crippen LogP contribution in [0.2, 0.25) is 0 Å². The molecule has 3 aromatic carbocycles. The van der Waals surface area contributed by atoms with Gasteiger partial charge < -0.3 is 5.11 Å². The Labute approximate surface area is 179 Å². The van der Waals surface area contributed by atoms with Crippen molar-refractivity contribution >= 4 is 28.1 Å². The lowest BCUT2D eigenvalue weighted by Gasteiger charge is -2.21. The summed E-state index contributed by atoms with van der Waals surface area (Å²) in [5.74, 6) is -0.155. The number of carbonyl (C=O) groups excluding carboxylic acids is 1. The molecule has 0 atom stereocenters. The van der Waals surface area contributed by atoms with E-state index in [4.69, 9.17) is 0 Å². The molecule has 5 heteroatoms. The molecule has 0 saturated heterocycles. The Morgan fingerprint density at radius 1 is 1.00 bits per heavy atom. The van der Waals surface area contributed by atoms with Crippen LogP contribution >= 0.6 is 15.9 Å². The highest BCUT2D eigenvalue weighted by Gasteiger charge is 2.20. The fraction of sp³-hybridized carbons (Fsp3) is 0.167. The second-order valence-electron chi connectivity index (χ2n) is 7.78. The van der Waals surface area contributed by atoms with Crippen molar-refractivity contribution in [3.8, 4) is 16.9 Å². The smallest absolute Gasteiger partial charge is 0.271 e. The number of benzene rings is 3. The highest BCUT2D eigenvalue weighted by atomic mass is 79.9. The minimum absolute atomic E-state index is 0.158. The van der Waals surface area contributed by atoms with Crippen molar-refractivity contribution in [2.75, 3.05) is 0 Å². The van der Waals surface area contributed by atoms with Gasteiger partial charge in [0, 0.05) is 21.2 Å². The molecule has 148 valence electrons. The van der Waals surface area contributed by atoms with E-state index in [1.165, 1.54) is 6.21 Å². The van der Waals surface area contributed by atoms with E-state index in [2.05, 4.69) is 26.5 Å². The summed E-state index contributed by atoms with van der Waals surface area (Å²) < 4.78 is 0.838. The first-order valence-corrected chi connectivity index (χ1v) is 10.1. The van der Waals surface area contributed by atoms with Gasteiger partial charge in [-0.2, -0.15) is 5.10 Å². The van der Waals surface area contributed by atoms with Gasteiger partial charge in [0.25, 0.3) is 5.91 Å². The van der Waals surface area contributed by atoms with Crippen molar-refractivity contribution in [3.05, 3.63) is 87.9 Å². The van der Waals surface area contributed by atoms with Gasteiger partial charge in [-0.25, -0.2) is 5.43 Å². The summed E-state index contributed by atoms with van der Waals surface area (Å²) in [5, 5.41) is 14.6. The van der Waals surface area contributed by atoms with E-state index < -0.39 is 0 Å². The Kier molecular flexibility index (Phi) is 6.18. The number of phenols is 1. The number of hydrogen-bond donors (Lipinski definition) is 2. The van der Waals surface area contributed by atoms with Crippen LogP contribution in [0.4, 0.5) is 0 Å². The third-order valence-electron chi connectivity index (χ3n) is 4.54. The van der Waals surface area contributed by atoms with Crippen LogP contribution in [0.15, 0.2) is 76.3 Å². The van der Waals surface area contributed by atoms with Gasteiger partial charge in [0.05, 0.1) is 6.21 Å². The van der Waals surface area contributed by atoms with Crippen molar-refractivity contribution in [1.29, 1.82) is 0 Å². The predicted octanol–water partition coefficient (Wildman–Crippen LogP) is 5.88. The molecule has 0 fully saturated rings. The van der Waals surface area contributed by atoms with E-state index in [0.717, 1.165) is 21.2 Å². The molecule has 0 heterocycles. The number of phenolic OH excluding ortho intramolecular Hbond substituents is 1. The highest BCUT2D eigenvalue weighted by molar-refractivity contribution is 9.10. The summed E-state index contributed by atoms with van der Waals surface area (Å²) in [6.45, 7) is 6.07. The van der Waals surface area contributed by atoms with Gasteiger partial charge in [-0.05, 0) is 40.8 Å². The van der Waals surface area contributed by atoms with Crippen LogP contribution < -0.4 is 5.43 Å². The molecular formula is C24H23BrN2O2. The second kappa shape index (κ2) is 8.62. The maximum Gasteiger partial charge on any atom is 0.271 e. The van der Waals surface area contributed by atoms with Crippen molar-refractivity contribution < 1.29 is 9.90 Å². The first kappa shape index (κ1) is 20.8. The monoisotopic (exact) mass is 450 g/mol. The third kappa shape index (κ3) is 5.12. The lowest BCUT2D eigenvalue weighted by molar-refractivity contribution is 0.0955. The average Bonchev–Trinajstić information content (AvgIpc) is 2.70. The van der Waals surface area contributed by atoms with E-state index in [0.29, 0.717) is 11.1 Å². The topological polar surface area (TPSA) is 61.7 Å². The van der Waals surface area contributed by atoms with E-state index in [9.17, 15) is 9.90 Å². The molecular weight excluding hydrogens is 428 g/mol. The number of rotatable bonds is 4. The molecule has 0 radical (unpaired) electrons. The van der Waals surface area contributed by atoms with E-state index in [1.807, 2.05) is 69.3 Å². The molecule has 2 N–H and O–H groups in total. The van der Waals surface area contributed by atoms with Gasteiger partial charge in [-0.1, -0.05) is 79.2 Å². The van der Waals surface area contributed by atoms with Crippen LogP contribution in [0, 0.1) is 0 Å². The van der Waals surface area contributed by atoms with E-state index >= 15 is 0 Å². The quantitative estimate of drug-likeness (QED) is 0.384. The Bertz CT molecular complexity index is 1040. The summed E-state index contributed by atoms with van der Waals surface area (Å²) in [7, 11) is 0. The maximum atomic E-state index is 12.4. The molecule has 0 unspecified atom stereocenters. The molecule has 0 spiro atoms. The zero-order valence-electron chi connectivity index (χ0n) is 16.6. The summed E-state index contributed by atoms with van der Waals surface area (Å²) >= 11 is 3.46. The molecule has 0 bridgehead atoms. The molecule has 0 aliphatic rings. The zero-order valence-corrected chi connectivity index (χ0v) is 18.2. The van der Waals surface area contributed by atoms with Gasteiger partial charge in [0.15, 0.2) is 0 Å². The Balaban J connectivity index is 1.73. The number of carbonyl (C=O) groups is 1. The summed E-state index contributed by atoms with van der Waals surface area (Å²) in [4.78, 5) is 12.4. The number of halogens is 1. The third-order valence-corrected chi connectivity index (χ3v) is 4.99. The van der Waals surface area contributed by atoms with Crippen LogP contribution in [0.1, 0.15) is 42.3 Å². The Morgan fingerprint density at radius 3 is 2.24 bits per heavy atom. The first-order chi connectivity index (χ1) is 13.8. The van der Waals surface area contributed by atoms with Gasteiger partial charge >= 0.3 is 0 Å². The highest BCUT2D eigenvalue weighted by Crippen LogP contribution is 2.35. The average molecular weight is 451 g/mol. The molecule has 29 heavy (non-hydrogen) atoms. The minimum Gasteiger partial charge on any atom is -0.507 e. The molecule has 1 amide bonds. The number of nitrogens with one attached hydrogen (secondary N) is 1. The first-order valence-electron chi connectivity index (χ1n) is 9.27. The molecule has 3 rings (SSSR count). The number of aromatic hydroxyl groups is 1. The van der Waals surface area contributed by atoms with E-state index in [1.54, 1.807) is 18.2 Å². The van der Waals surface area contributed by atoms with Crippen LogP contribution in [0.25, 0.3) is 11.1 Å². The largest absolute Gasteiger partial charge is 0.507 e. The maximum absolute atomic E-state index is 12.4. The Hall–Kier alpha value is -2.92. The van der Waals surface area contributed by atoms with Crippen LogP contribution in [0.5, 0.6) is 5.75 Å². The molecule has 0 aliphatic carbocycles. The van der Waals surface area contributed by atoms with Crippen molar-refractivity contribution in [1.82, 2.24) is 5.43 Å². The fourth-order valence-corrected chi connectivity index (χ4v) is 3.44. The number of nitrogens with zero attached hydrogens (tertiary/aromatic N) is 1. The molecule has 4 nitrogen and oxygen atoms in total. The molecule has 0 aromatic heterocycles. The lowest BCUT2D eigenvalue weighted by Crippen LogP contribution is -2.17. The molecule has 0 aliphatic heterocycles. The van der Waals surface area contributed by atoms with Crippen molar-refractivity contribution in [2.24, 2.45) is 5.10 Å². The van der Waals surface area contributed by atoms with Crippen LogP contribution in [0.3, 0.4) is 0 Å². The summed E-state index contributed by atoms with van der Waals surface area (Å²) in [5.41, 5.74) is 6.27. The summed E-state index contributed by atoms with van der Waals surface area (Å²) in [6, 6.07) is 21.0. The SMILES string of the molecule is CC(C)(C)c1cc(Br)cc(C=NNC(=O)c2ccc(-c3ccccc3)cc2)c1O. The normalized spacial score (nSPS) is 11.6. The molecule has 3 aromatic rings. The van der Waals surface area contributed by atoms with Gasteiger partial charge in [-0.3, -0.25) is 4.79 Å². The van der Waals surface area contributed by atoms with Crippen LogP contribution in [-0.4, -0.2) is 17.2 Å².